The average molecular weight is 444 g/mol. The van der Waals surface area contributed by atoms with E-state index in [0.717, 1.165) is 0 Å². The Balaban J connectivity index is 0.000000181. The molecule has 0 unspecified atom stereocenters. The van der Waals surface area contributed by atoms with E-state index in [1.807, 2.05) is 0 Å². The molecule has 0 N–H and O–H groups in total. The van der Waals surface area contributed by atoms with Crippen molar-refractivity contribution < 1.29 is 18.9 Å². The third-order valence-electron chi connectivity index (χ3n) is 4.38. The van der Waals surface area contributed by atoms with Crippen LogP contribution in [-0.4, -0.2) is 39.7 Å². The van der Waals surface area contributed by atoms with Gasteiger partial charge in [-0.05, 0) is 27.7 Å². The third-order valence-corrected chi connectivity index (χ3v) is 4.38. The van der Waals surface area contributed by atoms with Crippen molar-refractivity contribution in [2.24, 2.45) is 0 Å². The van der Waals surface area contributed by atoms with Gasteiger partial charge in [-0.1, -0.05) is 10.3 Å². The second kappa shape index (κ2) is 9.20. The Morgan fingerprint density at radius 1 is 0.906 bits per heavy atom. The smallest absolute Gasteiger partial charge is 0.309 e. The van der Waals surface area contributed by atoms with Crippen molar-refractivity contribution in [3.8, 4) is 0 Å². The fraction of sp³-hybridized carbons (Fsp3) is 0.333. The maximum absolute atomic E-state index is 10.6. The topological polar surface area (TPSA) is 174 Å². The number of rotatable bonds is 6. The van der Waals surface area contributed by atoms with Crippen LogP contribution >= 0.6 is 0 Å². The lowest BCUT2D eigenvalue weighted by molar-refractivity contribution is -0.385. The normalized spacial score (nSPS) is 10.6. The first-order valence-electron chi connectivity index (χ1n) is 9.33. The maximum atomic E-state index is 10.6. The third kappa shape index (κ3) is 5.21. The van der Waals surface area contributed by atoms with Gasteiger partial charge < -0.3 is 9.05 Å². The van der Waals surface area contributed by atoms with E-state index in [1.165, 1.54) is 21.8 Å². The highest BCUT2D eigenvalue weighted by Crippen LogP contribution is 2.17. The van der Waals surface area contributed by atoms with E-state index < -0.39 is 9.85 Å². The van der Waals surface area contributed by atoms with Gasteiger partial charge in [-0.2, -0.15) is 10.2 Å². The number of aryl methyl sites for hydroxylation is 3. The van der Waals surface area contributed by atoms with Gasteiger partial charge in [0.25, 0.3) is 0 Å². The van der Waals surface area contributed by atoms with Gasteiger partial charge in [-0.15, -0.1) is 0 Å². The Bertz CT molecular complexity index is 1240. The van der Waals surface area contributed by atoms with E-state index in [-0.39, 0.29) is 11.4 Å². The molecule has 0 fully saturated rings. The molecule has 0 radical (unpaired) electrons. The van der Waals surface area contributed by atoms with Crippen molar-refractivity contribution in [2.75, 3.05) is 0 Å². The quantitative estimate of drug-likeness (QED) is 0.317. The fourth-order valence-corrected chi connectivity index (χ4v) is 2.85. The Morgan fingerprint density at radius 2 is 1.47 bits per heavy atom. The largest absolute Gasteiger partial charge is 0.361 e. The predicted octanol–water partition coefficient (Wildman–Crippen LogP) is 2.89. The molecular weight excluding hydrogens is 424 g/mol. The molecule has 0 aliphatic heterocycles. The molecule has 32 heavy (non-hydrogen) atoms. The molecule has 14 heteroatoms. The lowest BCUT2D eigenvalue weighted by Gasteiger charge is -1.98. The van der Waals surface area contributed by atoms with Crippen molar-refractivity contribution in [2.45, 2.75) is 40.8 Å². The molecule has 0 aliphatic carbocycles. The number of nitrogens with zero attached hydrogens (tertiary/aromatic N) is 8. The first-order chi connectivity index (χ1) is 15.1. The molecule has 168 valence electrons. The van der Waals surface area contributed by atoms with Crippen LogP contribution in [0.5, 0.6) is 0 Å². The monoisotopic (exact) mass is 444 g/mol. The molecular formula is C18H20N8O6. The second-order valence-corrected chi connectivity index (χ2v) is 6.94. The van der Waals surface area contributed by atoms with Gasteiger partial charge in [-0.3, -0.25) is 29.6 Å². The zero-order valence-corrected chi connectivity index (χ0v) is 17.8. The minimum atomic E-state index is -0.452. The zero-order valence-electron chi connectivity index (χ0n) is 17.8. The molecule has 0 aliphatic rings. The van der Waals surface area contributed by atoms with Crippen molar-refractivity contribution in [1.82, 2.24) is 29.9 Å². The maximum Gasteiger partial charge on any atom is 0.309 e. The molecule has 4 aromatic rings. The first-order valence-corrected chi connectivity index (χ1v) is 9.33. The Kier molecular flexibility index (Phi) is 6.42. The highest BCUT2D eigenvalue weighted by atomic mass is 16.6. The minimum absolute atomic E-state index is 0.0141. The van der Waals surface area contributed by atoms with E-state index in [0.29, 0.717) is 47.4 Å². The van der Waals surface area contributed by atoms with Crippen LogP contribution in [0.15, 0.2) is 33.6 Å². The van der Waals surface area contributed by atoms with Crippen molar-refractivity contribution in [3.63, 3.8) is 0 Å². The SMILES string of the molecule is Cc1cc(Cn2cc([N+](=O)[O-])c(C)n2)no1.Cc1cc(Cn2ncc([N+](=O)[O-])c2C)no1. The van der Waals surface area contributed by atoms with Crippen LogP contribution in [0.2, 0.25) is 0 Å². The van der Waals surface area contributed by atoms with Gasteiger partial charge >= 0.3 is 11.4 Å². The van der Waals surface area contributed by atoms with Crippen LogP contribution in [0.4, 0.5) is 11.4 Å². The van der Waals surface area contributed by atoms with Gasteiger partial charge in [0.2, 0.25) is 0 Å². The summed E-state index contributed by atoms with van der Waals surface area (Å²) in [6, 6.07) is 3.54. The Hall–Kier alpha value is -4.36. The van der Waals surface area contributed by atoms with E-state index in [4.69, 9.17) is 9.05 Å². The molecule has 0 amide bonds. The van der Waals surface area contributed by atoms with E-state index >= 15 is 0 Å². The van der Waals surface area contributed by atoms with Crippen molar-refractivity contribution in [3.05, 3.63) is 79.1 Å². The molecule has 0 saturated heterocycles. The van der Waals surface area contributed by atoms with Gasteiger partial charge in [0.1, 0.15) is 46.7 Å². The number of nitro groups is 2. The van der Waals surface area contributed by atoms with E-state index in [2.05, 4.69) is 20.5 Å². The summed E-state index contributed by atoms with van der Waals surface area (Å²) < 4.78 is 12.8. The van der Waals surface area contributed by atoms with Crippen LogP contribution in [0.25, 0.3) is 0 Å². The van der Waals surface area contributed by atoms with Crippen LogP contribution in [0, 0.1) is 47.9 Å². The molecule has 4 aromatic heterocycles. The molecule has 4 heterocycles. The van der Waals surface area contributed by atoms with Crippen LogP contribution < -0.4 is 0 Å². The minimum Gasteiger partial charge on any atom is -0.361 e. The van der Waals surface area contributed by atoms with E-state index in [9.17, 15) is 20.2 Å². The molecule has 4 rings (SSSR count). The summed E-state index contributed by atoms with van der Waals surface area (Å²) in [5, 5.41) is 36.8. The number of hydrogen-bond acceptors (Lipinski definition) is 10. The highest BCUT2D eigenvalue weighted by Gasteiger charge is 2.17. The van der Waals surface area contributed by atoms with Crippen LogP contribution in [0.3, 0.4) is 0 Å². The summed E-state index contributed by atoms with van der Waals surface area (Å²) >= 11 is 0. The van der Waals surface area contributed by atoms with E-state index in [1.54, 1.807) is 39.8 Å². The van der Waals surface area contributed by atoms with Gasteiger partial charge in [0.15, 0.2) is 0 Å². The second-order valence-electron chi connectivity index (χ2n) is 6.94. The summed E-state index contributed by atoms with van der Waals surface area (Å²) in [7, 11) is 0. The summed E-state index contributed by atoms with van der Waals surface area (Å²) in [5.41, 5.74) is 2.31. The molecule has 0 bridgehead atoms. The average Bonchev–Trinajstić information content (AvgIpc) is 3.47. The summed E-state index contributed by atoms with van der Waals surface area (Å²) in [6.45, 7) is 7.56. The van der Waals surface area contributed by atoms with Gasteiger partial charge in [0, 0.05) is 12.1 Å². The van der Waals surface area contributed by atoms with Crippen LogP contribution in [0.1, 0.15) is 34.3 Å². The summed E-state index contributed by atoms with van der Waals surface area (Å²) in [6.07, 6.45) is 2.63. The molecule has 0 saturated carbocycles. The highest BCUT2D eigenvalue weighted by molar-refractivity contribution is 5.32. The standard InChI is InChI=1S/2C9H10N4O3/c1-6-3-8(11-16-6)5-12-7(2)9(4-10-12)13(14)15;1-6-3-8(11-16-6)4-12-5-9(13(14)15)7(2)10-12/h3-4H,5H2,1-2H3;3,5H,4H2,1-2H3. The predicted molar refractivity (Wildman–Crippen MR) is 108 cm³/mol. The Morgan fingerprint density at radius 3 is 1.91 bits per heavy atom. The molecule has 14 nitrogen and oxygen atoms in total. The van der Waals surface area contributed by atoms with Gasteiger partial charge in [0.05, 0.1) is 22.9 Å². The van der Waals surface area contributed by atoms with Crippen molar-refractivity contribution in [1.29, 1.82) is 0 Å². The zero-order chi connectivity index (χ0) is 23.4. The lowest BCUT2D eigenvalue weighted by Crippen LogP contribution is -2.04. The molecule has 0 aromatic carbocycles. The van der Waals surface area contributed by atoms with Crippen LogP contribution in [-0.2, 0) is 13.1 Å². The first kappa shape index (κ1) is 22.3. The summed E-state index contributed by atoms with van der Waals surface area (Å²) in [4.78, 5) is 20.3. The molecule has 0 atom stereocenters. The fourth-order valence-electron chi connectivity index (χ4n) is 2.85. The number of aromatic nitrogens is 6. The lowest BCUT2D eigenvalue weighted by atomic mass is 10.3. The number of hydrogen-bond donors (Lipinski definition) is 0. The summed E-state index contributed by atoms with van der Waals surface area (Å²) in [5.74, 6) is 1.41. The molecule has 0 spiro atoms. The van der Waals surface area contributed by atoms with Gasteiger partial charge in [-0.25, -0.2) is 0 Å². The van der Waals surface area contributed by atoms with Crippen molar-refractivity contribution >= 4 is 11.4 Å². The Labute approximate surface area is 180 Å².